The molecular formula is C21H24F3N5O2S. The highest BCUT2D eigenvalue weighted by Crippen LogP contribution is 2.48. The Kier molecular flexibility index (Phi) is 5.58. The lowest BCUT2D eigenvalue weighted by Crippen LogP contribution is -2.62. The van der Waals surface area contributed by atoms with Gasteiger partial charge in [-0.3, -0.25) is 9.69 Å². The number of nitrogens with one attached hydrogen (secondary N) is 4. The maximum absolute atomic E-state index is 13.1. The molecule has 0 bridgehead atoms. The molecule has 0 radical (unpaired) electrons. The summed E-state index contributed by atoms with van der Waals surface area (Å²) in [5.41, 5.74) is 0.276. The van der Waals surface area contributed by atoms with E-state index in [0.29, 0.717) is 29.3 Å². The van der Waals surface area contributed by atoms with Crippen molar-refractivity contribution >= 4 is 29.4 Å². The van der Waals surface area contributed by atoms with Crippen molar-refractivity contribution in [3.8, 4) is 0 Å². The minimum atomic E-state index is -4.43. The van der Waals surface area contributed by atoms with E-state index >= 15 is 0 Å². The summed E-state index contributed by atoms with van der Waals surface area (Å²) < 4.78 is 38.9. The predicted octanol–water partition coefficient (Wildman–Crippen LogP) is 2.37. The standard InChI is InChI=1S/C21H24F3N5O2S/c22-21(23,24)11-3-5-13(6-4-11)29-14-7-9-26-19-15(14)16(28-20(29)31)17(32-19)18(30)27-12-2-1-8-25-10-12/h3-6,12,14-15,19,25-26H,1-2,7-10H2,(H,27,30)(H,28,31)/t12-,14?,15?,19?/m1/s1. The summed E-state index contributed by atoms with van der Waals surface area (Å²) in [6, 6.07) is 4.05. The van der Waals surface area contributed by atoms with Gasteiger partial charge in [-0.05, 0) is 56.6 Å². The smallest absolute Gasteiger partial charge is 0.348 e. The number of piperidine rings is 2. The van der Waals surface area contributed by atoms with Gasteiger partial charge in [0.15, 0.2) is 0 Å². The molecule has 4 heterocycles. The number of urea groups is 1. The molecule has 172 valence electrons. The highest BCUT2D eigenvalue weighted by Gasteiger charge is 2.51. The van der Waals surface area contributed by atoms with Crippen molar-refractivity contribution in [2.45, 2.75) is 42.9 Å². The van der Waals surface area contributed by atoms with E-state index in [2.05, 4.69) is 21.3 Å². The highest BCUT2D eigenvalue weighted by molar-refractivity contribution is 8.04. The lowest BCUT2D eigenvalue weighted by molar-refractivity contribution is -0.137. The third-order valence-electron chi connectivity index (χ3n) is 6.45. The first-order valence-electron chi connectivity index (χ1n) is 10.8. The van der Waals surface area contributed by atoms with Crippen LogP contribution in [0.25, 0.3) is 0 Å². The highest BCUT2D eigenvalue weighted by atomic mass is 32.2. The number of anilines is 1. The first-order chi connectivity index (χ1) is 15.3. The minimum Gasteiger partial charge on any atom is -0.348 e. The van der Waals surface area contributed by atoms with Crippen molar-refractivity contribution in [1.82, 2.24) is 21.3 Å². The zero-order chi connectivity index (χ0) is 22.5. The number of nitrogens with zero attached hydrogens (tertiary/aromatic N) is 1. The van der Waals surface area contributed by atoms with Gasteiger partial charge in [0.2, 0.25) is 0 Å². The number of amides is 3. The first-order valence-corrected chi connectivity index (χ1v) is 11.6. The Labute approximate surface area is 187 Å². The molecule has 1 aromatic carbocycles. The van der Waals surface area contributed by atoms with E-state index in [1.807, 2.05) is 0 Å². The van der Waals surface area contributed by atoms with Crippen LogP contribution in [0.4, 0.5) is 23.7 Å². The van der Waals surface area contributed by atoms with E-state index in [1.54, 1.807) is 0 Å². The largest absolute Gasteiger partial charge is 0.416 e. The third-order valence-corrected chi connectivity index (χ3v) is 7.81. The molecule has 7 nitrogen and oxygen atoms in total. The second-order valence-electron chi connectivity index (χ2n) is 8.48. The average molecular weight is 468 g/mol. The second kappa shape index (κ2) is 8.27. The molecule has 3 fully saturated rings. The van der Waals surface area contributed by atoms with Gasteiger partial charge in [-0.15, -0.1) is 0 Å². The zero-order valence-electron chi connectivity index (χ0n) is 17.2. The monoisotopic (exact) mass is 467 g/mol. The third kappa shape index (κ3) is 3.86. The van der Waals surface area contributed by atoms with Crippen LogP contribution in [-0.2, 0) is 11.0 Å². The molecule has 0 spiro atoms. The van der Waals surface area contributed by atoms with E-state index in [0.717, 1.165) is 38.1 Å². The van der Waals surface area contributed by atoms with Crippen molar-refractivity contribution in [3.05, 3.63) is 40.4 Å². The second-order valence-corrected chi connectivity index (χ2v) is 9.63. The molecule has 4 atom stereocenters. The number of alkyl halides is 3. The molecule has 11 heteroatoms. The molecule has 3 amide bonds. The van der Waals surface area contributed by atoms with Gasteiger partial charge in [-0.25, -0.2) is 4.79 Å². The Morgan fingerprint density at radius 2 is 1.94 bits per heavy atom. The Bertz CT molecular complexity index is 946. The number of thioether (sulfide) groups is 1. The minimum absolute atomic E-state index is 0.0549. The van der Waals surface area contributed by atoms with Crippen LogP contribution >= 0.6 is 11.8 Å². The Hall–Kier alpha value is -2.24. The van der Waals surface area contributed by atoms with Crippen molar-refractivity contribution in [3.63, 3.8) is 0 Å². The fourth-order valence-corrected chi connectivity index (χ4v) is 6.36. The van der Waals surface area contributed by atoms with Crippen LogP contribution in [-0.4, -0.2) is 49.0 Å². The maximum Gasteiger partial charge on any atom is 0.416 e. The van der Waals surface area contributed by atoms with Gasteiger partial charge in [0.05, 0.1) is 21.9 Å². The topological polar surface area (TPSA) is 85.5 Å². The summed E-state index contributed by atoms with van der Waals surface area (Å²) in [7, 11) is 0. The Morgan fingerprint density at radius 3 is 2.62 bits per heavy atom. The molecule has 3 saturated heterocycles. The van der Waals surface area contributed by atoms with Gasteiger partial charge >= 0.3 is 12.2 Å². The van der Waals surface area contributed by atoms with Crippen molar-refractivity contribution in [2.24, 2.45) is 5.92 Å². The number of hydrogen-bond donors (Lipinski definition) is 4. The molecule has 4 aliphatic rings. The van der Waals surface area contributed by atoms with E-state index in [9.17, 15) is 22.8 Å². The lowest BCUT2D eigenvalue weighted by atomic mass is 9.86. The van der Waals surface area contributed by atoms with Crippen molar-refractivity contribution < 1.29 is 22.8 Å². The van der Waals surface area contributed by atoms with Gasteiger partial charge in [-0.2, -0.15) is 13.2 Å². The van der Waals surface area contributed by atoms with Crippen LogP contribution in [0.2, 0.25) is 0 Å². The quantitative estimate of drug-likeness (QED) is 0.549. The molecule has 1 aromatic rings. The van der Waals surface area contributed by atoms with Crippen LogP contribution in [0.3, 0.4) is 0 Å². The maximum atomic E-state index is 13.1. The lowest BCUT2D eigenvalue weighted by Gasteiger charge is -2.45. The Morgan fingerprint density at radius 1 is 1.16 bits per heavy atom. The molecule has 32 heavy (non-hydrogen) atoms. The Balaban J connectivity index is 1.41. The number of carbonyl (C=O) groups is 2. The van der Waals surface area contributed by atoms with Crippen molar-refractivity contribution in [1.29, 1.82) is 0 Å². The molecule has 0 saturated carbocycles. The normalized spacial score (nSPS) is 30.1. The van der Waals surface area contributed by atoms with Crippen LogP contribution in [0.1, 0.15) is 24.8 Å². The fourth-order valence-electron chi connectivity index (χ4n) is 4.96. The summed E-state index contributed by atoms with van der Waals surface area (Å²) in [5.74, 6) is -0.323. The summed E-state index contributed by atoms with van der Waals surface area (Å²) in [4.78, 5) is 28.1. The molecule has 3 unspecified atom stereocenters. The SMILES string of the molecule is O=C(N[C@@H]1CCCNC1)C1=C2NC(=O)N(c3ccc(C(F)(F)F)cc3)C3CCNC(S1)C23. The number of hydrogen-bond acceptors (Lipinski definition) is 5. The van der Waals surface area contributed by atoms with Gasteiger partial charge in [0.25, 0.3) is 5.91 Å². The van der Waals surface area contributed by atoms with E-state index in [4.69, 9.17) is 0 Å². The predicted molar refractivity (Wildman–Crippen MR) is 115 cm³/mol. The molecule has 4 aliphatic heterocycles. The number of carbonyl (C=O) groups excluding carboxylic acids is 2. The molecule has 0 aromatic heterocycles. The molecule has 0 aliphatic carbocycles. The van der Waals surface area contributed by atoms with Crippen molar-refractivity contribution in [2.75, 3.05) is 24.5 Å². The summed E-state index contributed by atoms with van der Waals surface area (Å²) >= 11 is 1.42. The molecule has 4 N–H and O–H groups in total. The first kappa shape index (κ1) is 21.6. The summed E-state index contributed by atoms with van der Waals surface area (Å²) in [5, 5.41) is 12.6. The van der Waals surface area contributed by atoms with Crippen LogP contribution in [0.15, 0.2) is 34.9 Å². The van der Waals surface area contributed by atoms with E-state index in [1.165, 1.54) is 28.8 Å². The van der Waals surface area contributed by atoms with Gasteiger partial charge in [-0.1, -0.05) is 11.8 Å². The fraction of sp³-hybridized carbons (Fsp3) is 0.524. The molecular weight excluding hydrogens is 443 g/mol. The van der Waals surface area contributed by atoms with Crippen LogP contribution in [0.5, 0.6) is 0 Å². The summed E-state index contributed by atoms with van der Waals surface area (Å²) in [6.45, 7) is 2.32. The summed E-state index contributed by atoms with van der Waals surface area (Å²) in [6.07, 6.45) is -1.89. The van der Waals surface area contributed by atoms with Crippen LogP contribution < -0.4 is 26.2 Å². The number of rotatable bonds is 3. The molecule has 5 rings (SSSR count). The number of benzene rings is 1. The number of halogens is 3. The van der Waals surface area contributed by atoms with Gasteiger partial charge < -0.3 is 21.3 Å². The zero-order valence-corrected chi connectivity index (χ0v) is 18.0. The van der Waals surface area contributed by atoms with Gasteiger partial charge in [0, 0.05) is 29.9 Å². The van der Waals surface area contributed by atoms with E-state index in [-0.39, 0.29) is 29.3 Å². The average Bonchev–Trinajstić information content (AvgIpc) is 3.14. The van der Waals surface area contributed by atoms with Crippen LogP contribution in [0, 0.1) is 5.92 Å². The van der Waals surface area contributed by atoms with Gasteiger partial charge in [0.1, 0.15) is 0 Å². The van der Waals surface area contributed by atoms with E-state index < -0.39 is 17.8 Å².